The van der Waals surface area contributed by atoms with E-state index >= 15 is 0 Å². The van der Waals surface area contributed by atoms with Gasteiger partial charge in [-0.3, -0.25) is 0 Å². The van der Waals surface area contributed by atoms with Gasteiger partial charge in [-0.2, -0.15) is 0 Å². The van der Waals surface area contributed by atoms with Crippen LogP contribution < -0.4 is 0 Å². The Balaban J connectivity index is 3.52. The lowest BCUT2D eigenvalue weighted by Gasteiger charge is -2.15. The average molecular weight is 210 g/mol. The molecule has 0 aliphatic rings. The maximum absolute atomic E-state index is 9.02. The van der Waals surface area contributed by atoms with Gasteiger partial charge < -0.3 is 5.11 Å². The highest BCUT2D eigenvalue weighted by Crippen LogP contribution is 2.15. The predicted molar refractivity (Wildman–Crippen MR) is 67.9 cm³/mol. The molecule has 0 aromatic rings. The second-order valence-corrected chi connectivity index (χ2v) is 4.75. The highest BCUT2D eigenvalue weighted by atomic mass is 16.3. The van der Waals surface area contributed by atoms with Gasteiger partial charge in [-0.1, -0.05) is 57.9 Å². The first-order valence-electron chi connectivity index (χ1n) is 6.06. The molecule has 0 atom stereocenters. The van der Waals surface area contributed by atoms with Gasteiger partial charge in [0, 0.05) is 5.41 Å². The molecule has 0 spiro atoms. The Kier molecular flexibility index (Phi) is 8.40. The minimum atomic E-state index is -0.0734. The summed E-state index contributed by atoms with van der Waals surface area (Å²) in [5.74, 6) is 0. The van der Waals surface area contributed by atoms with Crippen LogP contribution in [0, 0.1) is 5.41 Å². The van der Waals surface area contributed by atoms with E-state index in [1.165, 1.54) is 25.7 Å². The fraction of sp³-hybridized carbons (Fsp3) is 0.714. The summed E-state index contributed by atoms with van der Waals surface area (Å²) in [6.45, 7) is 6.51. The predicted octanol–water partition coefficient (Wildman–Crippen LogP) is 4.09. The summed E-state index contributed by atoms with van der Waals surface area (Å²) < 4.78 is 0. The third-order valence-corrected chi connectivity index (χ3v) is 2.39. The van der Waals surface area contributed by atoms with Crippen molar-refractivity contribution in [2.24, 2.45) is 5.41 Å². The molecular weight excluding hydrogens is 184 g/mol. The summed E-state index contributed by atoms with van der Waals surface area (Å²) in [6.07, 6.45) is 14.8. The highest BCUT2D eigenvalue weighted by Gasteiger charge is 2.09. The van der Waals surface area contributed by atoms with Crippen LogP contribution in [-0.4, -0.2) is 11.7 Å². The van der Waals surface area contributed by atoms with E-state index in [9.17, 15) is 0 Å². The van der Waals surface area contributed by atoms with E-state index in [1.807, 2.05) is 13.8 Å². The lowest BCUT2D eigenvalue weighted by Crippen LogP contribution is -2.12. The zero-order valence-electron chi connectivity index (χ0n) is 10.5. The van der Waals surface area contributed by atoms with Crippen molar-refractivity contribution in [2.75, 3.05) is 6.61 Å². The fourth-order valence-corrected chi connectivity index (χ4v) is 1.24. The molecule has 0 aliphatic heterocycles. The second-order valence-electron chi connectivity index (χ2n) is 4.75. The van der Waals surface area contributed by atoms with Gasteiger partial charge in [0.15, 0.2) is 0 Å². The van der Waals surface area contributed by atoms with Crippen molar-refractivity contribution < 1.29 is 5.11 Å². The van der Waals surface area contributed by atoms with Gasteiger partial charge in [-0.05, 0) is 19.3 Å². The molecule has 0 saturated heterocycles. The van der Waals surface area contributed by atoms with Crippen LogP contribution in [0.3, 0.4) is 0 Å². The second kappa shape index (κ2) is 8.72. The first kappa shape index (κ1) is 14.4. The Hall–Kier alpha value is -0.560. The van der Waals surface area contributed by atoms with Crippen molar-refractivity contribution in [2.45, 2.75) is 52.9 Å². The molecule has 15 heavy (non-hydrogen) atoms. The fourth-order valence-electron chi connectivity index (χ4n) is 1.24. The molecule has 0 bridgehead atoms. The summed E-state index contributed by atoms with van der Waals surface area (Å²) in [5.41, 5.74) is -0.0734. The maximum Gasteiger partial charge on any atom is 0.0516 e. The topological polar surface area (TPSA) is 20.2 Å². The summed E-state index contributed by atoms with van der Waals surface area (Å²) in [7, 11) is 0. The quantitative estimate of drug-likeness (QED) is 0.472. The summed E-state index contributed by atoms with van der Waals surface area (Å²) in [6, 6.07) is 0. The molecule has 0 radical (unpaired) electrons. The molecule has 0 rings (SSSR count). The van der Waals surface area contributed by atoms with Gasteiger partial charge in [0.05, 0.1) is 6.61 Å². The first-order chi connectivity index (χ1) is 7.12. The SMILES string of the molecule is CCCCCC=CCC=CC(C)(C)CO. The van der Waals surface area contributed by atoms with E-state index < -0.39 is 0 Å². The highest BCUT2D eigenvalue weighted by molar-refractivity contribution is 4.99. The molecule has 1 N–H and O–H groups in total. The van der Waals surface area contributed by atoms with E-state index in [1.54, 1.807) is 0 Å². The smallest absolute Gasteiger partial charge is 0.0516 e. The first-order valence-corrected chi connectivity index (χ1v) is 6.06. The van der Waals surface area contributed by atoms with Crippen LogP contribution in [0.2, 0.25) is 0 Å². The molecular formula is C14H26O. The molecule has 1 heteroatoms. The van der Waals surface area contributed by atoms with Gasteiger partial charge >= 0.3 is 0 Å². The number of allylic oxidation sites excluding steroid dienone is 3. The molecule has 1 nitrogen and oxygen atoms in total. The van der Waals surface area contributed by atoms with Crippen LogP contribution in [0.1, 0.15) is 52.9 Å². The monoisotopic (exact) mass is 210 g/mol. The van der Waals surface area contributed by atoms with Crippen LogP contribution >= 0.6 is 0 Å². The van der Waals surface area contributed by atoms with Crippen LogP contribution in [0.25, 0.3) is 0 Å². The van der Waals surface area contributed by atoms with Crippen molar-refractivity contribution >= 4 is 0 Å². The summed E-state index contributed by atoms with van der Waals surface area (Å²) in [5, 5.41) is 9.02. The minimum Gasteiger partial charge on any atom is -0.395 e. The lowest BCUT2D eigenvalue weighted by molar-refractivity contribution is 0.199. The molecule has 0 heterocycles. The van der Waals surface area contributed by atoms with Gasteiger partial charge in [-0.15, -0.1) is 0 Å². The Labute approximate surface area is 94.9 Å². The Morgan fingerprint density at radius 2 is 1.80 bits per heavy atom. The average Bonchev–Trinajstić information content (AvgIpc) is 2.22. The summed E-state index contributed by atoms with van der Waals surface area (Å²) in [4.78, 5) is 0. The van der Waals surface area contributed by atoms with Gasteiger partial charge in [-0.25, -0.2) is 0 Å². The molecule has 0 aromatic carbocycles. The Morgan fingerprint density at radius 3 is 2.40 bits per heavy atom. The largest absolute Gasteiger partial charge is 0.395 e. The van der Waals surface area contributed by atoms with Crippen molar-refractivity contribution in [1.29, 1.82) is 0 Å². The number of unbranched alkanes of at least 4 members (excludes halogenated alkanes) is 3. The lowest BCUT2D eigenvalue weighted by atomic mass is 9.94. The van der Waals surface area contributed by atoms with Crippen molar-refractivity contribution in [3.8, 4) is 0 Å². The number of aliphatic hydroxyl groups is 1. The van der Waals surface area contributed by atoms with Crippen molar-refractivity contribution in [3.05, 3.63) is 24.3 Å². The summed E-state index contributed by atoms with van der Waals surface area (Å²) >= 11 is 0. The van der Waals surface area contributed by atoms with Crippen LogP contribution in [0.5, 0.6) is 0 Å². The van der Waals surface area contributed by atoms with E-state index in [0.717, 1.165) is 6.42 Å². The minimum absolute atomic E-state index is 0.0734. The Bertz CT molecular complexity index is 190. The standard InChI is InChI=1S/C14H26O/c1-4-5-6-7-8-9-10-11-12-14(2,3)13-15/h8-9,11-12,15H,4-7,10,13H2,1-3H3. The zero-order valence-corrected chi connectivity index (χ0v) is 10.5. The van der Waals surface area contributed by atoms with Gasteiger partial charge in [0.25, 0.3) is 0 Å². The number of rotatable bonds is 8. The Morgan fingerprint density at radius 1 is 1.07 bits per heavy atom. The molecule has 0 saturated carbocycles. The molecule has 0 unspecified atom stereocenters. The van der Waals surface area contributed by atoms with E-state index in [4.69, 9.17) is 5.11 Å². The third-order valence-electron chi connectivity index (χ3n) is 2.39. The van der Waals surface area contributed by atoms with E-state index in [2.05, 4.69) is 31.2 Å². The van der Waals surface area contributed by atoms with Gasteiger partial charge in [0.1, 0.15) is 0 Å². The molecule has 0 fully saturated rings. The normalized spacial score (nSPS) is 13.1. The van der Waals surface area contributed by atoms with Crippen LogP contribution in [0.4, 0.5) is 0 Å². The zero-order chi connectivity index (χ0) is 11.6. The number of hydrogen-bond donors (Lipinski definition) is 1. The van der Waals surface area contributed by atoms with E-state index in [0.29, 0.717) is 0 Å². The van der Waals surface area contributed by atoms with Crippen LogP contribution in [0.15, 0.2) is 24.3 Å². The van der Waals surface area contributed by atoms with Crippen molar-refractivity contribution in [1.82, 2.24) is 0 Å². The van der Waals surface area contributed by atoms with E-state index in [-0.39, 0.29) is 12.0 Å². The third kappa shape index (κ3) is 9.74. The molecule has 0 amide bonds. The van der Waals surface area contributed by atoms with Crippen LogP contribution in [-0.2, 0) is 0 Å². The number of aliphatic hydroxyl groups excluding tert-OH is 1. The molecule has 0 aliphatic carbocycles. The van der Waals surface area contributed by atoms with Crippen molar-refractivity contribution in [3.63, 3.8) is 0 Å². The molecule has 0 aromatic heterocycles. The number of hydrogen-bond acceptors (Lipinski definition) is 1. The molecule has 88 valence electrons. The maximum atomic E-state index is 9.02. The van der Waals surface area contributed by atoms with Gasteiger partial charge in [0.2, 0.25) is 0 Å².